The molecule has 1 heterocycles. The van der Waals surface area contributed by atoms with Gasteiger partial charge in [-0.25, -0.2) is 5.06 Å². The lowest BCUT2D eigenvalue weighted by molar-refractivity contribution is -0.168. The number of carbonyl (C=O) groups excluding carboxylic acids is 1. The SMILES string of the molecule is CON(C)C(=O)CCCc1ccn([Si](C(C)C)(C(C)C)C(C)C)c1. The molecule has 1 amide bonds. The van der Waals surface area contributed by atoms with E-state index in [9.17, 15) is 4.79 Å². The van der Waals surface area contributed by atoms with Gasteiger partial charge in [-0.1, -0.05) is 41.5 Å². The monoisotopic (exact) mass is 352 g/mol. The molecule has 0 aromatic carbocycles. The minimum Gasteiger partial charge on any atom is -0.379 e. The fourth-order valence-electron chi connectivity index (χ4n) is 4.43. The lowest BCUT2D eigenvalue weighted by Gasteiger charge is -2.44. The molecule has 0 aliphatic carbocycles. The third-order valence-corrected chi connectivity index (χ3v) is 12.2. The van der Waals surface area contributed by atoms with Crippen LogP contribution in [0.25, 0.3) is 0 Å². The van der Waals surface area contributed by atoms with Crippen molar-refractivity contribution in [3.63, 3.8) is 0 Å². The summed E-state index contributed by atoms with van der Waals surface area (Å²) in [6.07, 6.45) is 6.95. The van der Waals surface area contributed by atoms with Crippen molar-refractivity contribution in [2.24, 2.45) is 0 Å². The number of hydrogen-bond acceptors (Lipinski definition) is 2. The van der Waals surface area contributed by atoms with E-state index in [0.29, 0.717) is 23.0 Å². The van der Waals surface area contributed by atoms with Crippen LogP contribution >= 0.6 is 0 Å². The molecule has 138 valence electrons. The predicted molar refractivity (Wildman–Crippen MR) is 104 cm³/mol. The van der Waals surface area contributed by atoms with Crippen molar-refractivity contribution in [1.82, 2.24) is 9.30 Å². The Morgan fingerprint density at radius 2 is 1.71 bits per heavy atom. The molecule has 0 aliphatic rings. The molecule has 24 heavy (non-hydrogen) atoms. The van der Waals surface area contributed by atoms with Crippen LogP contribution in [-0.2, 0) is 16.1 Å². The Kier molecular flexibility index (Phi) is 7.74. The first-order valence-electron chi connectivity index (χ1n) is 9.15. The largest absolute Gasteiger partial charge is 0.379 e. The molecule has 0 spiro atoms. The van der Waals surface area contributed by atoms with E-state index in [1.807, 2.05) is 0 Å². The highest BCUT2D eigenvalue weighted by Gasteiger charge is 2.44. The molecule has 1 rings (SSSR count). The van der Waals surface area contributed by atoms with Crippen LogP contribution in [0, 0.1) is 0 Å². The average molecular weight is 353 g/mol. The Morgan fingerprint density at radius 1 is 1.17 bits per heavy atom. The number of amides is 1. The number of rotatable bonds is 9. The second-order valence-corrected chi connectivity index (χ2v) is 13.5. The standard InChI is InChI=1S/C19H36N2O2Si/c1-15(2)24(16(3)4,17(5)6)21-13-12-18(14-21)10-9-11-19(22)20(7)23-8/h12-17H,9-11H2,1-8H3. The second-order valence-electron chi connectivity index (χ2n) is 7.71. The molecule has 0 saturated carbocycles. The van der Waals surface area contributed by atoms with Gasteiger partial charge in [0.15, 0.2) is 8.24 Å². The first-order valence-corrected chi connectivity index (χ1v) is 11.3. The summed E-state index contributed by atoms with van der Waals surface area (Å²) in [6, 6.07) is 2.24. The molecule has 0 unspecified atom stereocenters. The topological polar surface area (TPSA) is 34.5 Å². The molecule has 0 fully saturated rings. The van der Waals surface area contributed by atoms with Crippen LogP contribution in [-0.4, -0.2) is 37.6 Å². The molecule has 0 atom stereocenters. The highest BCUT2D eigenvalue weighted by atomic mass is 28.3. The maximum Gasteiger partial charge on any atom is 0.245 e. The van der Waals surface area contributed by atoms with Gasteiger partial charge < -0.3 is 4.23 Å². The Bertz CT molecular complexity index is 501. The summed E-state index contributed by atoms with van der Waals surface area (Å²) in [7, 11) is 1.53. The van der Waals surface area contributed by atoms with E-state index in [1.54, 1.807) is 7.05 Å². The van der Waals surface area contributed by atoms with Crippen molar-refractivity contribution < 1.29 is 9.63 Å². The van der Waals surface area contributed by atoms with Crippen LogP contribution in [0.15, 0.2) is 18.5 Å². The Labute approximate surface area is 149 Å². The highest BCUT2D eigenvalue weighted by molar-refractivity contribution is 6.82. The van der Waals surface area contributed by atoms with Gasteiger partial charge in [0.2, 0.25) is 5.91 Å². The fourth-order valence-corrected chi connectivity index (χ4v) is 10.9. The van der Waals surface area contributed by atoms with E-state index in [-0.39, 0.29) is 5.91 Å². The predicted octanol–water partition coefficient (Wildman–Crippen LogP) is 4.85. The summed E-state index contributed by atoms with van der Waals surface area (Å²) >= 11 is 0. The third-order valence-electron chi connectivity index (χ3n) is 5.46. The van der Waals surface area contributed by atoms with Crippen LogP contribution in [0.1, 0.15) is 59.9 Å². The molecule has 0 saturated heterocycles. The lowest BCUT2D eigenvalue weighted by atomic mass is 10.1. The fraction of sp³-hybridized carbons (Fsp3) is 0.737. The van der Waals surface area contributed by atoms with Crippen molar-refractivity contribution in [3.8, 4) is 0 Å². The summed E-state index contributed by atoms with van der Waals surface area (Å²) < 4.78 is 2.56. The van der Waals surface area contributed by atoms with Crippen LogP contribution in [0.5, 0.6) is 0 Å². The van der Waals surface area contributed by atoms with E-state index < -0.39 is 8.24 Å². The number of aryl methyl sites for hydroxylation is 1. The van der Waals surface area contributed by atoms with Crippen LogP contribution in [0.2, 0.25) is 16.6 Å². The van der Waals surface area contributed by atoms with Gasteiger partial charge in [-0.15, -0.1) is 0 Å². The molecule has 4 nitrogen and oxygen atoms in total. The minimum absolute atomic E-state index is 0.0344. The van der Waals surface area contributed by atoms with Gasteiger partial charge in [0, 0.05) is 13.5 Å². The third kappa shape index (κ3) is 4.31. The van der Waals surface area contributed by atoms with Gasteiger partial charge in [-0.3, -0.25) is 9.63 Å². The summed E-state index contributed by atoms with van der Waals surface area (Å²) in [5.74, 6) is 0.0344. The summed E-state index contributed by atoms with van der Waals surface area (Å²) in [5.41, 5.74) is 3.40. The number of aromatic nitrogens is 1. The molecular formula is C19H36N2O2Si. The van der Waals surface area contributed by atoms with E-state index in [0.717, 1.165) is 12.8 Å². The van der Waals surface area contributed by atoms with Gasteiger partial charge in [0.05, 0.1) is 7.11 Å². The van der Waals surface area contributed by atoms with Crippen molar-refractivity contribution in [2.75, 3.05) is 14.2 Å². The van der Waals surface area contributed by atoms with E-state index >= 15 is 0 Å². The molecule has 0 N–H and O–H groups in total. The average Bonchev–Trinajstić information content (AvgIpc) is 2.94. The zero-order chi connectivity index (χ0) is 18.5. The van der Waals surface area contributed by atoms with E-state index in [1.165, 1.54) is 17.7 Å². The molecule has 0 radical (unpaired) electrons. The highest BCUT2D eigenvalue weighted by Crippen LogP contribution is 2.42. The summed E-state index contributed by atoms with van der Waals surface area (Å²) in [5, 5.41) is 1.30. The summed E-state index contributed by atoms with van der Waals surface area (Å²) in [6.45, 7) is 14.3. The van der Waals surface area contributed by atoms with Crippen LogP contribution < -0.4 is 0 Å². The summed E-state index contributed by atoms with van der Waals surface area (Å²) in [4.78, 5) is 16.7. The van der Waals surface area contributed by atoms with E-state index in [4.69, 9.17) is 4.84 Å². The van der Waals surface area contributed by atoms with Gasteiger partial charge in [-0.2, -0.15) is 0 Å². The first kappa shape index (κ1) is 21.0. The Balaban J connectivity index is 2.85. The first-order chi connectivity index (χ1) is 11.2. The number of carbonyl (C=O) groups is 1. The molecular weight excluding hydrogens is 316 g/mol. The molecule has 5 heteroatoms. The zero-order valence-corrected chi connectivity index (χ0v) is 17.8. The Hall–Kier alpha value is -1.07. The van der Waals surface area contributed by atoms with Gasteiger partial charge in [0.1, 0.15) is 0 Å². The number of hydroxylamine groups is 2. The van der Waals surface area contributed by atoms with E-state index in [2.05, 4.69) is 64.2 Å². The number of hydrogen-bond donors (Lipinski definition) is 0. The van der Waals surface area contributed by atoms with Gasteiger partial charge in [-0.05, 0) is 53.5 Å². The second kappa shape index (κ2) is 8.86. The quantitative estimate of drug-likeness (QED) is 0.470. The molecule has 1 aromatic rings. The number of nitrogens with zero attached hydrogens (tertiary/aromatic N) is 2. The molecule has 0 bridgehead atoms. The Morgan fingerprint density at radius 3 is 2.17 bits per heavy atom. The molecule has 0 aliphatic heterocycles. The zero-order valence-electron chi connectivity index (χ0n) is 16.8. The molecule has 1 aromatic heterocycles. The van der Waals surface area contributed by atoms with Crippen LogP contribution in [0.3, 0.4) is 0 Å². The van der Waals surface area contributed by atoms with Crippen molar-refractivity contribution in [3.05, 3.63) is 24.0 Å². The van der Waals surface area contributed by atoms with Gasteiger partial charge >= 0.3 is 0 Å². The minimum atomic E-state index is -1.65. The van der Waals surface area contributed by atoms with Crippen molar-refractivity contribution >= 4 is 14.1 Å². The van der Waals surface area contributed by atoms with Crippen molar-refractivity contribution in [1.29, 1.82) is 0 Å². The lowest BCUT2D eigenvalue weighted by Crippen LogP contribution is -2.51. The van der Waals surface area contributed by atoms with Crippen LogP contribution in [0.4, 0.5) is 0 Å². The normalized spacial score (nSPS) is 12.5. The maximum atomic E-state index is 11.8. The van der Waals surface area contributed by atoms with Gasteiger partial charge in [0.25, 0.3) is 0 Å². The van der Waals surface area contributed by atoms with Crippen molar-refractivity contribution in [2.45, 2.75) is 77.4 Å². The smallest absolute Gasteiger partial charge is 0.245 e. The maximum absolute atomic E-state index is 11.8.